The summed E-state index contributed by atoms with van der Waals surface area (Å²) in [5.74, 6) is 0.118. The minimum absolute atomic E-state index is 0.0682. The fourth-order valence-corrected chi connectivity index (χ4v) is 4.15. The highest BCUT2D eigenvalue weighted by molar-refractivity contribution is 7.07. The monoisotopic (exact) mass is 343 g/mol. The normalized spacial score (nSPS) is 16.2. The van der Waals surface area contributed by atoms with Gasteiger partial charge in [-0.25, -0.2) is 0 Å². The molecule has 1 aromatic heterocycles. The largest absolute Gasteiger partial charge is 0.345 e. The molecule has 1 aliphatic carbocycles. The standard InChI is InChI=1S/C20H26N2OS/c1-15(18-8-7-17-5-3-4-6-19(17)11-18)21-20(23)13-22(2)12-16-9-10-24-14-16/h7-11,14-15H,3-6,12-13H2,1-2H3,(H,21,23)/p+1/t15-/m0/s1. The molecule has 1 amide bonds. The van der Waals surface area contributed by atoms with Crippen LogP contribution in [0, 0.1) is 0 Å². The van der Waals surface area contributed by atoms with Gasteiger partial charge < -0.3 is 10.2 Å². The lowest BCUT2D eigenvalue weighted by atomic mass is 9.89. The molecule has 24 heavy (non-hydrogen) atoms. The Morgan fingerprint density at radius 3 is 2.79 bits per heavy atom. The first-order valence-electron chi connectivity index (χ1n) is 8.85. The van der Waals surface area contributed by atoms with Crippen molar-refractivity contribution in [2.75, 3.05) is 13.6 Å². The smallest absolute Gasteiger partial charge is 0.275 e. The van der Waals surface area contributed by atoms with Crippen LogP contribution in [-0.2, 0) is 24.2 Å². The molecule has 3 nitrogen and oxygen atoms in total. The summed E-state index contributed by atoms with van der Waals surface area (Å²) < 4.78 is 0. The van der Waals surface area contributed by atoms with Crippen LogP contribution >= 0.6 is 11.3 Å². The van der Waals surface area contributed by atoms with E-state index < -0.39 is 0 Å². The molecular formula is C20H27N2OS+. The maximum atomic E-state index is 12.3. The molecule has 0 saturated heterocycles. The Balaban J connectivity index is 1.54. The van der Waals surface area contributed by atoms with Crippen LogP contribution in [0.1, 0.15) is 48.1 Å². The third-order valence-electron chi connectivity index (χ3n) is 4.80. The molecule has 3 rings (SSSR count). The number of likely N-dealkylation sites (N-methyl/N-ethyl adjacent to an activating group) is 1. The number of carbonyl (C=O) groups is 1. The quantitative estimate of drug-likeness (QED) is 0.830. The summed E-state index contributed by atoms with van der Waals surface area (Å²) in [6.45, 7) is 3.48. The summed E-state index contributed by atoms with van der Waals surface area (Å²) in [6, 6.07) is 8.92. The molecule has 2 atom stereocenters. The number of hydrogen-bond donors (Lipinski definition) is 2. The summed E-state index contributed by atoms with van der Waals surface area (Å²) in [5.41, 5.74) is 5.48. The van der Waals surface area contributed by atoms with Crippen LogP contribution in [0.4, 0.5) is 0 Å². The number of carbonyl (C=O) groups excluding carboxylic acids is 1. The lowest BCUT2D eigenvalue weighted by molar-refractivity contribution is -0.885. The van der Waals surface area contributed by atoms with E-state index in [4.69, 9.17) is 0 Å². The van der Waals surface area contributed by atoms with Crippen molar-refractivity contribution in [3.05, 3.63) is 57.3 Å². The molecule has 0 radical (unpaired) electrons. The van der Waals surface area contributed by atoms with Gasteiger partial charge in [-0.2, -0.15) is 11.3 Å². The number of amides is 1. The lowest BCUT2D eigenvalue weighted by Gasteiger charge is -2.20. The van der Waals surface area contributed by atoms with Crippen LogP contribution < -0.4 is 10.2 Å². The van der Waals surface area contributed by atoms with Crippen LogP contribution in [0.15, 0.2) is 35.0 Å². The fraction of sp³-hybridized carbons (Fsp3) is 0.450. The number of quaternary nitrogens is 1. The van der Waals surface area contributed by atoms with Gasteiger partial charge in [-0.1, -0.05) is 18.2 Å². The molecule has 0 aliphatic heterocycles. The van der Waals surface area contributed by atoms with E-state index in [1.165, 1.54) is 52.8 Å². The molecule has 4 heteroatoms. The van der Waals surface area contributed by atoms with E-state index in [2.05, 4.69) is 54.3 Å². The van der Waals surface area contributed by atoms with Gasteiger partial charge in [-0.05, 0) is 66.1 Å². The van der Waals surface area contributed by atoms with Crippen molar-refractivity contribution in [1.82, 2.24) is 5.32 Å². The van der Waals surface area contributed by atoms with Gasteiger partial charge >= 0.3 is 0 Å². The van der Waals surface area contributed by atoms with Gasteiger partial charge in [0.2, 0.25) is 0 Å². The minimum atomic E-state index is 0.0682. The van der Waals surface area contributed by atoms with Gasteiger partial charge in [0.15, 0.2) is 6.54 Å². The second-order valence-electron chi connectivity index (χ2n) is 6.97. The lowest BCUT2D eigenvalue weighted by Crippen LogP contribution is -3.08. The first-order chi connectivity index (χ1) is 11.6. The first kappa shape index (κ1) is 17.2. The van der Waals surface area contributed by atoms with Gasteiger partial charge in [0.25, 0.3) is 5.91 Å². The molecular weight excluding hydrogens is 316 g/mol. The zero-order chi connectivity index (χ0) is 16.9. The third kappa shape index (κ3) is 4.46. The average Bonchev–Trinajstić information content (AvgIpc) is 3.06. The number of fused-ring (bicyclic) bond motifs is 1. The second kappa shape index (κ2) is 7.95. The molecule has 0 spiro atoms. The van der Waals surface area contributed by atoms with Gasteiger partial charge in [-0.15, -0.1) is 0 Å². The van der Waals surface area contributed by atoms with E-state index in [0.29, 0.717) is 6.54 Å². The Morgan fingerprint density at radius 1 is 1.25 bits per heavy atom. The number of nitrogens with one attached hydrogen (secondary N) is 2. The highest BCUT2D eigenvalue weighted by atomic mass is 32.1. The first-order valence-corrected chi connectivity index (χ1v) is 9.79. The third-order valence-corrected chi connectivity index (χ3v) is 5.53. The molecule has 0 saturated carbocycles. The van der Waals surface area contributed by atoms with E-state index in [0.717, 1.165) is 6.54 Å². The number of aryl methyl sites for hydroxylation is 2. The van der Waals surface area contributed by atoms with Crippen molar-refractivity contribution >= 4 is 17.2 Å². The van der Waals surface area contributed by atoms with Crippen LogP contribution in [-0.4, -0.2) is 19.5 Å². The summed E-state index contributed by atoms with van der Waals surface area (Å²) in [4.78, 5) is 13.5. The second-order valence-corrected chi connectivity index (χ2v) is 7.75. The SMILES string of the molecule is C[C@H](NC(=O)C[NH+](C)Cc1ccsc1)c1ccc2c(c1)CCCC2. The average molecular weight is 344 g/mol. The molecule has 1 aliphatic rings. The summed E-state index contributed by atoms with van der Waals surface area (Å²) in [5, 5.41) is 7.39. The van der Waals surface area contributed by atoms with E-state index in [9.17, 15) is 4.79 Å². The van der Waals surface area contributed by atoms with Crippen molar-refractivity contribution in [2.24, 2.45) is 0 Å². The highest BCUT2D eigenvalue weighted by Crippen LogP contribution is 2.24. The van der Waals surface area contributed by atoms with Gasteiger partial charge in [-0.3, -0.25) is 4.79 Å². The fourth-order valence-electron chi connectivity index (χ4n) is 3.48. The Morgan fingerprint density at radius 2 is 2.04 bits per heavy atom. The van der Waals surface area contributed by atoms with E-state index >= 15 is 0 Å². The number of benzene rings is 1. The number of hydrogen-bond acceptors (Lipinski definition) is 2. The summed E-state index contributed by atoms with van der Waals surface area (Å²) in [7, 11) is 2.07. The molecule has 128 valence electrons. The van der Waals surface area contributed by atoms with E-state index in [-0.39, 0.29) is 11.9 Å². The van der Waals surface area contributed by atoms with Gasteiger partial charge in [0.05, 0.1) is 13.1 Å². The Bertz CT molecular complexity index is 681. The van der Waals surface area contributed by atoms with Crippen molar-refractivity contribution in [1.29, 1.82) is 0 Å². The van der Waals surface area contributed by atoms with Crippen molar-refractivity contribution in [3.8, 4) is 0 Å². The molecule has 1 unspecified atom stereocenters. The van der Waals surface area contributed by atoms with Crippen LogP contribution in [0.25, 0.3) is 0 Å². The zero-order valence-electron chi connectivity index (χ0n) is 14.6. The Kier molecular flexibility index (Phi) is 5.69. The Labute approximate surface area is 148 Å². The van der Waals surface area contributed by atoms with Crippen LogP contribution in [0.2, 0.25) is 0 Å². The topological polar surface area (TPSA) is 33.5 Å². The highest BCUT2D eigenvalue weighted by Gasteiger charge is 2.16. The van der Waals surface area contributed by atoms with Crippen molar-refractivity contribution in [3.63, 3.8) is 0 Å². The molecule has 1 aromatic carbocycles. The molecule has 0 fully saturated rings. The summed E-state index contributed by atoms with van der Waals surface area (Å²) >= 11 is 1.71. The number of rotatable bonds is 6. The van der Waals surface area contributed by atoms with E-state index in [1.54, 1.807) is 11.3 Å². The van der Waals surface area contributed by atoms with Gasteiger partial charge in [0.1, 0.15) is 6.54 Å². The predicted molar refractivity (Wildman–Crippen MR) is 99.4 cm³/mol. The molecule has 2 N–H and O–H groups in total. The van der Waals surface area contributed by atoms with Crippen molar-refractivity contribution < 1.29 is 9.69 Å². The van der Waals surface area contributed by atoms with E-state index in [1.807, 2.05) is 0 Å². The minimum Gasteiger partial charge on any atom is -0.345 e. The van der Waals surface area contributed by atoms with Crippen LogP contribution in [0.3, 0.4) is 0 Å². The van der Waals surface area contributed by atoms with Crippen molar-refractivity contribution in [2.45, 2.75) is 45.2 Å². The molecule has 2 aromatic rings. The predicted octanol–water partition coefficient (Wildman–Crippen LogP) is 2.52. The maximum absolute atomic E-state index is 12.3. The summed E-state index contributed by atoms with van der Waals surface area (Å²) in [6.07, 6.45) is 4.97. The number of thiophene rings is 1. The molecule has 1 heterocycles. The van der Waals surface area contributed by atoms with Crippen LogP contribution in [0.5, 0.6) is 0 Å². The maximum Gasteiger partial charge on any atom is 0.275 e. The molecule has 0 bridgehead atoms. The zero-order valence-corrected chi connectivity index (χ0v) is 15.4. The van der Waals surface area contributed by atoms with Gasteiger partial charge in [0, 0.05) is 5.56 Å². The Hall–Kier alpha value is -1.65.